The molecule has 2 aromatic rings. The summed E-state index contributed by atoms with van der Waals surface area (Å²) in [4.78, 5) is 16.7. The van der Waals surface area contributed by atoms with E-state index in [2.05, 4.69) is 37.6 Å². The average molecular weight is 343 g/mol. The highest BCUT2D eigenvalue weighted by molar-refractivity contribution is 5.92. The van der Waals surface area contributed by atoms with Gasteiger partial charge in [-0.05, 0) is 29.0 Å². The van der Waals surface area contributed by atoms with E-state index >= 15 is 0 Å². The number of hydrogen-bond acceptors (Lipinski definition) is 6. The summed E-state index contributed by atoms with van der Waals surface area (Å²) in [6.07, 6.45) is 1.02. The first kappa shape index (κ1) is 17.5. The molecule has 1 fully saturated rings. The fraction of sp³-hybridized carbons (Fsp3) is 0.529. The molecule has 1 aliphatic heterocycles. The molecule has 0 spiro atoms. The van der Waals surface area contributed by atoms with Gasteiger partial charge in [0.05, 0.1) is 13.1 Å². The van der Waals surface area contributed by atoms with Gasteiger partial charge in [0.2, 0.25) is 5.91 Å². The number of nitrogens with zero attached hydrogens (tertiary/aromatic N) is 6. The van der Waals surface area contributed by atoms with Gasteiger partial charge in [-0.2, -0.15) is 0 Å². The Morgan fingerprint density at radius 3 is 2.56 bits per heavy atom. The van der Waals surface area contributed by atoms with Crippen LogP contribution in [0.3, 0.4) is 0 Å². The lowest BCUT2D eigenvalue weighted by Gasteiger charge is -2.33. The number of rotatable bonds is 7. The third-order valence-corrected chi connectivity index (χ3v) is 4.30. The number of aryl methyl sites for hydroxylation is 1. The fourth-order valence-electron chi connectivity index (χ4n) is 2.95. The normalized spacial score (nSPS) is 16.0. The molecule has 0 unspecified atom stereocenters. The maximum Gasteiger partial charge on any atom is 0.238 e. The minimum Gasteiger partial charge on any atom is -0.325 e. The number of carbonyl (C=O) groups excluding carboxylic acids is 1. The number of nitrogens with one attached hydrogen (secondary N) is 1. The van der Waals surface area contributed by atoms with Crippen LogP contribution in [0.15, 0.2) is 30.3 Å². The minimum absolute atomic E-state index is 0.0338. The van der Waals surface area contributed by atoms with E-state index in [1.54, 1.807) is 0 Å². The van der Waals surface area contributed by atoms with Crippen molar-refractivity contribution >= 4 is 11.6 Å². The second kappa shape index (κ2) is 8.68. The number of amides is 1. The van der Waals surface area contributed by atoms with E-state index in [0.29, 0.717) is 6.54 Å². The van der Waals surface area contributed by atoms with Crippen LogP contribution in [0, 0.1) is 0 Å². The summed E-state index contributed by atoms with van der Waals surface area (Å²) in [6, 6.07) is 9.57. The number of hydrogen-bond donors (Lipinski definition) is 1. The molecule has 8 heteroatoms. The zero-order valence-corrected chi connectivity index (χ0v) is 14.6. The highest BCUT2D eigenvalue weighted by Gasteiger charge is 2.20. The van der Waals surface area contributed by atoms with Crippen LogP contribution in [0.4, 0.5) is 5.69 Å². The highest BCUT2D eigenvalue weighted by atomic mass is 16.2. The van der Waals surface area contributed by atoms with Gasteiger partial charge in [0.1, 0.15) is 0 Å². The lowest BCUT2D eigenvalue weighted by Crippen LogP contribution is -2.48. The fourth-order valence-corrected chi connectivity index (χ4v) is 2.95. The van der Waals surface area contributed by atoms with Crippen LogP contribution in [0.1, 0.15) is 19.2 Å². The van der Waals surface area contributed by atoms with Gasteiger partial charge in [-0.1, -0.05) is 25.1 Å². The molecule has 0 aliphatic carbocycles. The van der Waals surface area contributed by atoms with Crippen molar-refractivity contribution in [3.63, 3.8) is 0 Å². The van der Waals surface area contributed by atoms with Crippen LogP contribution >= 0.6 is 0 Å². The molecular formula is C17H25N7O. The predicted molar refractivity (Wildman–Crippen MR) is 94.9 cm³/mol. The first-order chi connectivity index (χ1) is 12.2. The molecule has 1 amide bonds. The summed E-state index contributed by atoms with van der Waals surface area (Å²) in [5, 5.41) is 14.9. The number of anilines is 1. The molecule has 25 heavy (non-hydrogen) atoms. The lowest BCUT2D eigenvalue weighted by molar-refractivity contribution is -0.117. The largest absolute Gasteiger partial charge is 0.325 e. The van der Waals surface area contributed by atoms with E-state index in [1.807, 2.05) is 35.0 Å². The van der Waals surface area contributed by atoms with Crippen molar-refractivity contribution in [2.75, 3.05) is 38.0 Å². The van der Waals surface area contributed by atoms with Crippen molar-refractivity contribution in [2.24, 2.45) is 0 Å². The topological polar surface area (TPSA) is 79.2 Å². The maximum atomic E-state index is 12.1. The van der Waals surface area contributed by atoms with Gasteiger partial charge in [-0.25, -0.2) is 4.68 Å². The molecule has 2 heterocycles. The molecule has 0 atom stereocenters. The molecule has 1 aromatic carbocycles. The van der Waals surface area contributed by atoms with Crippen LogP contribution in [-0.4, -0.2) is 68.6 Å². The Balaban J connectivity index is 1.42. The molecule has 1 N–H and O–H groups in total. The maximum absolute atomic E-state index is 12.1. The van der Waals surface area contributed by atoms with E-state index in [1.165, 1.54) is 0 Å². The third-order valence-electron chi connectivity index (χ3n) is 4.30. The molecule has 3 rings (SSSR count). The van der Waals surface area contributed by atoms with Crippen molar-refractivity contribution in [3.05, 3.63) is 36.2 Å². The number of benzene rings is 1. The highest BCUT2D eigenvalue weighted by Crippen LogP contribution is 2.08. The Hall–Kier alpha value is -2.32. The zero-order valence-electron chi connectivity index (χ0n) is 14.6. The SMILES string of the molecule is CCCn1nnnc1CN1CCN(CC(=O)Nc2ccccc2)CC1. The van der Waals surface area contributed by atoms with Gasteiger partial charge in [-0.3, -0.25) is 14.6 Å². The van der Waals surface area contributed by atoms with Gasteiger partial charge in [0.15, 0.2) is 5.82 Å². The lowest BCUT2D eigenvalue weighted by atomic mass is 10.3. The van der Waals surface area contributed by atoms with Crippen molar-refractivity contribution in [1.29, 1.82) is 0 Å². The average Bonchev–Trinajstić information content (AvgIpc) is 3.05. The molecule has 134 valence electrons. The van der Waals surface area contributed by atoms with Gasteiger partial charge >= 0.3 is 0 Å². The molecular weight excluding hydrogens is 318 g/mol. The Morgan fingerprint density at radius 2 is 1.84 bits per heavy atom. The van der Waals surface area contributed by atoms with E-state index in [0.717, 1.165) is 57.2 Å². The molecule has 1 aliphatic rings. The Morgan fingerprint density at radius 1 is 1.12 bits per heavy atom. The van der Waals surface area contributed by atoms with Crippen LogP contribution in [0.2, 0.25) is 0 Å². The van der Waals surface area contributed by atoms with Gasteiger partial charge in [0, 0.05) is 38.4 Å². The molecule has 8 nitrogen and oxygen atoms in total. The van der Waals surface area contributed by atoms with Crippen LogP contribution in [0.5, 0.6) is 0 Å². The zero-order chi connectivity index (χ0) is 17.5. The van der Waals surface area contributed by atoms with E-state index in [9.17, 15) is 4.79 Å². The number of piperazine rings is 1. The van der Waals surface area contributed by atoms with Crippen molar-refractivity contribution in [1.82, 2.24) is 30.0 Å². The summed E-state index contributed by atoms with van der Waals surface area (Å²) >= 11 is 0. The Labute approximate surface area is 147 Å². The number of para-hydroxylation sites is 1. The van der Waals surface area contributed by atoms with Crippen LogP contribution in [-0.2, 0) is 17.9 Å². The van der Waals surface area contributed by atoms with Crippen LogP contribution in [0.25, 0.3) is 0 Å². The quantitative estimate of drug-likeness (QED) is 0.803. The van der Waals surface area contributed by atoms with Crippen LogP contribution < -0.4 is 5.32 Å². The van der Waals surface area contributed by atoms with Gasteiger partial charge in [-0.15, -0.1) is 5.10 Å². The predicted octanol–water partition coefficient (Wildman–Crippen LogP) is 0.839. The van der Waals surface area contributed by atoms with E-state index in [4.69, 9.17) is 0 Å². The first-order valence-corrected chi connectivity index (χ1v) is 8.79. The minimum atomic E-state index is 0.0338. The van der Waals surface area contributed by atoms with E-state index < -0.39 is 0 Å². The second-order valence-electron chi connectivity index (χ2n) is 6.28. The Bertz CT molecular complexity index is 665. The van der Waals surface area contributed by atoms with Gasteiger partial charge < -0.3 is 5.32 Å². The summed E-state index contributed by atoms with van der Waals surface area (Å²) in [5.41, 5.74) is 0.842. The van der Waals surface area contributed by atoms with Crippen molar-refractivity contribution < 1.29 is 4.79 Å². The standard InChI is InChI=1S/C17H25N7O/c1-2-8-24-16(19-20-21-24)13-22-9-11-23(12-10-22)14-17(25)18-15-6-4-3-5-7-15/h3-7H,2,8-14H2,1H3,(H,18,25). The van der Waals surface area contributed by atoms with Crippen molar-refractivity contribution in [2.45, 2.75) is 26.4 Å². The summed E-state index contributed by atoms with van der Waals surface area (Å²) in [5.74, 6) is 0.948. The summed E-state index contributed by atoms with van der Waals surface area (Å²) in [7, 11) is 0. The molecule has 0 radical (unpaired) electrons. The van der Waals surface area contributed by atoms with Crippen molar-refractivity contribution in [3.8, 4) is 0 Å². The third kappa shape index (κ3) is 5.07. The summed E-state index contributed by atoms with van der Waals surface area (Å²) < 4.78 is 1.87. The number of carbonyl (C=O) groups is 1. The number of tetrazole rings is 1. The monoisotopic (exact) mass is 343 g/mol. The first-order valence-electron chi connectivity index (χ1n) is 8.79. The summed E-state index contributed by atoms with van der Waals surface area (Å²) in [6.45, 7) is 7.73. The van der Waals surface area contributed by atoms with E-state index in [-0.39, 0.29) is 5.91 Å². The molecule has 1 aromatic heterocycles. The Kier molecular flexibility index (Phi) is 6.08. The smallest absolute Gasteiger partial charge is 0.238 e. The molecule has 1 saturated heterocycles. The van der Waals surface area contributed by atoms with Gasteiger partial charge in [0.25, 0.3) is 0 Å². The molecule has 0 saturated carbocycles. The number of aromatic nitrogens is 4. The molecule has 0 bridgehead atoms. The second-order valence-corrected chi connectivity index (χ2v) is 6.28.